The van der Waals surface area contributed by atoms with Crippen LogP contribution in [0.15, 0.2) is 85.5 Å². The Kier molecular flexibility index (Phi) is 13.0. The van der Waals surface area contributed by atoms with Crippen molar-refractivity contribution in [2.24, 2.45) is 11.8 Å². The predicted molar refractivity (Wildman–Crippen MR) is 161 cm³/mol. The number of hydrogen-bond acceptors (Lipinski definition) is 2. The molecule has 0 bridgehead atoms. The highest BCUT2D eigenvalue weighted by Gasteiger charge is 2.30. The van der Waals surface area contributed by atoms with Crippen LogP contribution in [0.4, 0.5) is 24.5 Å². The number of amides is 1. The summed E-state index contributed by atoms with van der Waals surface area (Å²) >= 11 is 0. The number of carbonyl (C=O) groups excluding carboxylic acids is 1. The van der Waals surface area contributed by atoms with Crippen molar-refractivity contribution in [2.45, 2.75) is 71.9 Å². The number of benzene rings is 3. The number of hydrogen-bond donors (Lipinski definition) is 2. The van der Waals surface area contributed by atoms with Crippen molar-refractivity contribution in [1.82, 2.24) is 0 Å². The maximum atomic E-state index is 12.4. The van der Waals surface area contributed by atoms with Gasteiger partial charge in [0.05, 0.1) is 16.9 Å². The summed E-state index contributed by atoms with van der Waals surface area (Å²) < 4.78 is 37.1. The molecule has 4 rings (SSSR count). The number of carbonyl (C=O) groups is 1. The van der Waals surface area contributed by atoms with Gasteiger partial charge in [0.2, 0.25) is 0 Å². The van der Waals surface area contributed by atoms with Crippen LogP contribution in [0, 0.1) is 11.8 Å². The molecule has 1 aliphatic carbocycles. The van der Waals surface area contributed by atoms with Crippen LogP contribution in [-0.2, 0) is 12.6 Å². The van der Waals surface area contributed by atoms with Crippen LogP contribution in [0.1, 0.15) is 86.3 Å². The molecule has 6 heteroatoms. The fraction of sp³-hybridized carbons (Fsp3) is 0.382. The molecule has 1 fully saturated rings. The third kappa shape index (κ3) is 11.7. The number of alkyl halides is 3. The lowest BCUT2D eigenvalue weighted by Gasteiger charge is -2.13. The summed E-state index contributed by atoms with van der Waals surface area (Å²) in [6.07, 6.45) is 3.50. The van der Waals surface area contributed by atoms with Gasteiger partial charge in [-0.15, -0.1) is 6.58 Å². The summed E-state index contributed by atoms with van der Waals surface area (Å²) in [5, 5.41) is 2.82. The minimum Gasteiger partial charge on any atom is -0.397 e. The van der Waals surface area contributed by atoms with Crippen LogP contribution < -0.4 is 11.1 Å². The van der Waals surface area contributed by atoms with Gasteiger partial charge in [-0.2, -0.15) is 13.2 Å². The molecule has 1 unspecified atom stereocenters. The van der Waals surface area contributed by atoms with Crippen LogP contribution >= 0.6 is 0 Å². The molecule has 0 aromatic heterocycles. The van der Waals surface area contributed by atoms with Crippen molar-refractivity contribution < 1.29 is 18.0 Å². The Balaban J connectivity index is 0.000000258. The molecule has 0 radical (unpaired) electrons. The number of nitrogen functional groups attached to an aromatic ring is 1. The number of para-hydroxylation sites is 2. The summed E-state index contributed by atoms with van der Waals surface area (Å²) in [4.78, 5) is 12.1. The van der Waals surface area contributed by atoms with E-state index in [-0.39, 0.29) is 5.91 Å². The number of nitrogens with one attached hydrogen (secondary N) is 1. The number of halogens is 3. The lowest BCUT2D eigenvalue weighted by molar-refractivity contribution is -0.137. The average Bonchev–Trinajstić information content (AvgIpc) is 3.74. The first-order chi connectivity index (χ1) is 18.9. The molecule has 1 aliphatic rings. The van der Waals surface area contributed by atoms with Gasteiger partial charge in [0.25, 0.3) is 5.91 Å². The van der Waals surface area contributed by atoms with Gasteiger partial charge in [-0.25, -0.2) is 0 Å². The summed E-state index contributed by atoms with van der Waals surface area (Å²) in [6.45, 7) is 11.7. The van der Waals surface area contributed by atoms with Crippen LogP contribution in [0.3, 0.4) is 0 Å². The molecule has 0 saturated heterocycles. The van der Waals surface area contributed by atoms with E-state index in [1.54, 1.807) is 30.3 Å². The molecular formula is C34H43F3N2O. The third-order valence-corrected chi connectivity index (χ3v) is 6.58. The predicted octanol–water partition coefficient (Wildman–Crippen LogP) is 9.91. The van der Waals surface area contributed by atoms with Crippen LogP contribution in [0.5, 0.6) is 0 Å². The Morgan fingerprint density at radius 3 is 2.08 bits per heavy atom. The van der Waals surface area contributed by atoms with E-state index in [2.05, 4.69) is 32.7 Å². The highest BCUT2D eigenvalue weighted by molar-refractivity contribution is 6.05. The molecule has 3 N–H and O–H groups in total. The van der Waals surface area contributed by atoms with Crippen LogP contribution in [0.2, 0.25) is 0 Å². The smallest absolute Gasteiger partial charge is 0.397 e. The largest absolute Gasteiger partial charge is 0.416 e. The zero-order valence-electron chi connectivity index (χ0n) is 24.1. The van der Waals surface area contributed by atoms with Gasteiger partial charge < -0.3 is 11.1 Å². The molecule has 1 saturated carbocycles. The number of allylic oxidation sites excluding steroid dienone is 1. The Morgan fingerprint density at radius 2 is 1.57 bits per heavy atom. The van der Waals surface area contributed by atoms with Crippen molar-refractivity contribution in [3.63, 3.8) is 0 Å². The molecule has 40 heavy (non-hydrogen) atoms. The van der Waals surface area contributed by atoms with Gasteiger partial charge in [-0.3, -0.25) is 4.79 Å². The fourth-order valence-corrected chi connectivity index (χ4v) is 4.13. The second-order valence-electron chi connectivity index (χ2n) is 10.8. The SMILES string of the molecule is C=CC.CC(C)Cc1ccc(C(=O)Nc2ccccc2N)cc1.CC(CCC1CC1)c1ccc(C(F)(F)F)cc1. The molecule has 216 valence electrons. The second kappa shape index (κ2) is 15.9. The number of nitrogens with two attached hydrogens (primary N) is 1. The highest BCUT2D eigenvalue weighted by atomic mass is 19.4. The van der Waals surface area contributed by atoms with Crippen molar-refractivity contribution in [1.29, 1.82) is 0 Å². The summed E-state index contributed by atoms with van der Waals surface area (Å²) in [6, 6.07) is 20.5. The molecular weight excluding hydrogens is 509 g/mol. The van der Waals surface area contributed by atoms with Crippen molar-refractivity contribution >= 4 is 17.3 Å². The van der Waals surface area contributed by atoms with E-state index < -0.39 is 11.7 Å². The van der Waals surface area contributed by atoms with Crippen LogP contribution in [-0.4, -0.2) is 5.91 Å². The summed E-state index contributed by atoms with van der Waals surface area (Å²) in [5.74, 6) is 1.71. The van der Waals surface area contributed by atoms with Crippen molar-refractivity contribution in [3.05, 3.63) is 108 Å². The molecule has 3 aromatic rings. The maximum absolute atomic E-state index is 12.4. The minimum atomic E-state index is -4.23. The Hall–Kier alpha value is -3.54. The second-order valence-corrected chi connectivity index (χ2v) is 10.8. The van der Waals surface area contributed by atoms with Gasteiger partial charge in [-0.05, 0) is 91.5 Å². The van der Waals surface area contributed by atoms with Crippen LogP contribution in [0.25, 0.3) is 0 Å². The Morgan fingerprint density at radius 1 is 1.00 bits per heavy atom. The van der Waals surface area contributed by atoms with E-state index in [9.17, 15) is 18.0 Å². The first-order valence-electron chi connectivity index (χ1n) is 13.9. The zero-order chi connectivity index (χ0) is 29.7. The monoisotopic (exact) mass is 552 g/mol. The quantitative estimate of drug-likeness (QED) is 0.216. The highest BCUT2D eigenvalue weighted by Crippen LogP contribution is 2.37. The van der Waals surface area contributed by atoms with E-state index >= 15 is 0 Å². The molecule has 0 aliphatic heterocycles. The lowest BCUT2D eigenvalue weighted by Crippen LogP contribution is -2.13. The lowest BCUT2D eigenvalue weighted by atomic mass is 9.94. The first-order valence-corrected chi connectivity index (χ1v) is 13.9. The minimum absolute atomic E-state index is 0.140. The fourth-order valence-electron chi connectivity index (χ4n) is 4.13. The Bertz CT molecular complexity index is 1180. The third-order valence-electron chi connectivity index (χ3n) is 6.58. The molecule has 1 atom stereocenters. The molecule has 0 heterocycles. The van der Waals surface area contributed by atoms with E-state index in [0.29, 0.717) is 28.8 Å². The maximum Gasteiger partial charge on any atom is 0.416 e. The van der Waals surface area contributed by atoms with Gasteiger partial charge in [-0.1, -0.05) is 76.1 Å². The zero-order valence-corrected chi connectivity index (χ0v) is 24.1. The van der Waals surface area contributed by atoms with Gasteiger partial charge >= 0.3 is 6.18 Å². The van der Waals surface area contributed by atoms with E-state index in [4.69, 9.17) is 5.73 Å². The average molecular weight is 553 g/mol. The topological polar surface area (TPSA) is 55.1 Å². The molecule has 0 spiro atoms. The number of rotatable bonds is 8. The summed E-state index contributed by atoms with van der Waals surface area (Å²) in [5.41, 5.74) is 9.36. The van der Waals surface area contributed by atoms with E-state index in [1.165, 1.54) is 37.0 Å². The Labute approximate surface area is 237 Å². The molecule has 3 aromatic carbocycles. The van der Waals surface area contributed by atoms with Gasteiger partial charge in [0, 0.05) is 5.56 Å². The standard InChI is InChI=1S/C17H20N2O.C14H17F3.C3H6/c1-12(2)11-13-7-9-14(10-8-13)17(20)19-16-6-4-3-5-15(16)18;1-10(2-3-11-4-5-11)12-6-8-13(9-7-12)14(15,16)17;1-3-2/h3-10,12H,11,18H2,1-2H3,(H,19,20);6-11H,2-5H2,1H3;3H,1H2,2H3. The number of anilines is 2. The summed E-state index contributed by atoms with van der Waals surface area (Å²) in [7, 11) is 0. The van der Waals surface area contributed by atoms with Crippen molar-refractivity contribution in [3.8, 4) is 0 Å². The first kappa shape index (κ1) is 32.7. The van der Waals surface area contributed by atoms with E-state index in [0.717, 1.165) is 24.3 Å². The molecule has 3 nitrogen and oxygen atoms in total. The normalized spacial score (nSPS) is 13.3. The molecule has 1 amide bonds. The van der Waals surface area contributed by atoms with Gasteiger partial charge in [0.1, 0.15) is 0 Å². The van der Waals surface area contributed by atoms with Gasteiger partial charge in [0.15, 0.2) is 0 Å². The van der Waals surface area contributed by atoms with E-state index in [1.807, 2.05) is 43.3 Å². The van der Waals surface area contributed by atoms with Crippen molar-refractivity contribution in [2.75, 3.05) is 11.1 Å².